The normalized spacial score (nSPS) is 9.55. The van der Waals surface area contributed by atoms with Crippen molar-refractivity contribution in [1.29, 1.82) is 0 Å². The zero-order valence-corrected chi connectivity index (χ0v) is 6.20. The van der Waals surface area contributed by atoms with Crippen LogP contribution >= 0.6 is 0 Å². The van der Waals surface area contributed by atoms with Gasteiger partial charge in [0.2, 0.25) is 0 Å². The van der Waals surface area contributed by atoms with Crippen molar-refractivity contribution in [2.24, 2.45) is 0 Å². The summed E-state index contributed by atoms with van der Waals surface area (Å²) in [5, 5.41) is 10.2. The SMILES string of the molecule is Cc1ncccc1CC(=O)[O-]. The fourth-order valence-electron chi connectivity index (χ4n) is 0.860. The van der Waals surface area contributed by atoms with Gasteiger partial charge in [0.05, 0.1) is 0 Å². The summed E-state index contributed by atoms with van der Waals surface area (Å²) in [6.07, 6.45) is 1.58. The summed E-state index contributed by atoms with van der Waals surface area (Å²) in [5.74, 6) is -1.07. The first kappa shape index (κ1) is 7.72. The lowest BCUT2D eigenvalue weighted by molar-refractivity contribution is -0.304. The Labute approximate surface area is 64.7 Å². The Bertz CT molecular complexity index is 271. The van der Waals surface area contributed by atoms with Gasteiger partial charge in [0.15, 0.2) is 0 Å². The summed E-state index contributed by atoms with van der Waals surface area (Å²) in [6, 6.07) is 3.45. The van der Waals surface area contributed by atoms with Gasteiger partial charge >= 0.3 is 0 Å². The van der Waals surface area contributed by atoms with Gasteiger partial charge in [-0.25, -0.2) is 0 Å². The lowest BCUT2D eigenvalue weighted by Gasteiger charge is -2.03. The van der Waals surface area contributed by atoms with Crippen LogP contribution in [-0.4, -0.2) is 11.0 Å². The van der Waals surface area contributed by atoms with Crippen molar-refractivity contribution in [3.05, 3.63) is 29.6 Å². The van der Waals surface area contributed by atoms with Crippen LogP contribution in [0.1, 0.15) is 11.3 Å². The molecule has 58 valence electrons. The zero-order chi connectivity index (χ0) is 8.27. The quantitative estimate of drug-likeness (QED) is 0.580. The zero-order valence-electron chi connectivity index (χ0n) is 6.20. The van der Waals surface area contributed by atoms with Gasteiger partial charge in [0, 0.05) is 24.3 Å². The third-order valence-electron chi connectivity index (χ3n) is 1.45. The van der Waals surface area contributed by atoms with Gasteiger partial charge in [-0.05, 0) is 18.6 Å². The van der Waals surface area contributed by atoms with E-state index in [1.165, 1.54) is 0 Å². The molecule has 0 aliphatic rings. The second-order valence-corrected chi connectivity index (χ2v) is 2.30. The maximum Gasteiger partial charge on any atom is 0.0458 e. The Hall–Kier alpha value is -1.38. The number of aliphatic carboxylic acids is 1. The van der Waals surface area contributed by atoms with Crippen molar-refractivity contribution in [2.75, 3.05) is 0 Å². The molecule has 0 saturated heterocycles. The maximum atomic E-state index is 10.2. The minimum absolute atomic E-state index is 0.0559. The molecule has 0 radical (unpaired) electrons. The first-order valence-electron chi connectivity index (χ1n) is 3.30. The van der Waals surface area contributed by atoms with Crippen molar-refractivity contribution in [3.8, 4) is 0 Å². The van der Waals surface area contributed by atoms with Crippen LogP contribution < -0.4 is 5.11 Å². The number of nitrogens with zero attached hydrogens (tertiary/aromatic N) is 1. The van der Waals surface area contributed by atoms with Crippen LogP contribution in [0.25, 0.3) is 0 Å². The number of hydrogen-bond donors (Lipinski definition) is 0. The molecule has 1 aromatic rings. The number of aryl methyl sites for hydroxylation is 1. The highest BCUT2D eigenvalue weighted by Crippen LogP contribution is 2.02. The predicted molar refractivity (Wildman–Crippen MR) is 37.7 cm³/mol. The number of pyridine rings is 1. The molecular weight excluding hydrogens is 142 g/mol. The van der Waals surface area contributed by atoms with E-state index < -0.39 is 5.97 Å². The molecule has 0 bridgehead atoms. The molecule has 0 aliphatic heterocycles. The summed E-state index contributed by atoms with van der Waals surface area (Å²) in [7, 11) is 0. The Morgan fingerprint density at radius 3 is 3.00 bits per heavy atom. The number of hydrogen-bond acceptors (Lipinski definition) is 3. The second kappa shape index (κ2) is 3.14. The topological polar surface area (TPSA) is 53.0 Å². The fourth-order valence-corrected chi connectivity index (χ4v) is 0.860. The Kier molecular flexibility index (Phi) is 2.21. The number of carbonyl (C=O) groups is 1. The molecule has 0 fully saturated rings. The average molecular weight is 150 g/mol. The Balaban J connectivity index is 2.86. The summed E-state index contributed by atoms with van der Waals surface area (Å²) >= 11 is 0. The van der Waals surface area contributed by atoms with E-state index in [2.05, 4.69) is 4.98 Å². The number of rotatable bonds is 2. The fraction of sp³-hybridized carbons (Fsp3) is 0.250. The van der Waals surface area contributed by atoms with Gasteiger partial charge in [-0.15, -0.1) is 0 Å². The van der Waals surface area contributed by atoms with E-state index in [9.17, 15) is 9.90 Å². The number of aromatic nitrogens is 1. The second-order valence-electron chi connectivity index (χ2n) is 2.30. The standard InChI is InChI=1S/C8H9NO2/c1-6-7(5-8(10)11)3-2-4-9-6/h2-4H,5H2,1H3,(H,10,11)/p-1. The van der Waals surface area contributed by atoms with E-state index in [0.29, 0.717) is 5.56 Å². The van der Waals surface area contributed by atoms with Crippen LogP contribution in [0.2, 0.25) is 0 Å². The highest BCUT2D eigenvalue weighted by atomic mass is 16.4. The molecule has 1 aromatic heterocycles. The predicted octanol–water partition coefficient (Wildman–Crippen LogP) is -0.318. The molecule has 0 saturated carbocycles. The summed E-state index contributed by atoms with van der Waals surface area (Å²) < 4.78 is 0. The molecule has 0 amide bonds. The van der Waals surface area contributed by atoms with Crippen LogP contribution in [-0.2, 0) is 11.2 Å². The van der Waals surface area contributed by atoms with Crippen molar-refractivity contribution >= 4 is 5.97 Å². The first-order valence-corrected chi connectivity index (χ1v) is 3.30. The van der Waals surface area contributed by atoms with E-state index in [0.717, 1.165) is 5.69 Å². The summed E-state index contributed by atoms with van der Waals surface area (Å²) in [5.41, 5.74) is 1.46. The molecule has 11 heavy (non-hydrogen) atoms. The van der Waals surface area contributed by atoms with Crippen molar-refractivity contribution in [2.45, 2.75) is 13.3 Å². The molecule has 0 N–H and O–H groups in total. The highest BCUT2D eigenvalue weighted by Gasteiger charge is 1.96. The molecule has 0 aromatic carbocycles. The van der Waals surface area contributed by atoms with Crippen molar-refractivity contribution < 1.29 is 9.90 Å². The van der Waals surface area contributed by atoms with Crippen LogP contribution in [0, 0.1) is 6.92 Å². The molecule has 0 aliphatic carbocycles. The smallest absolute Gasteiger partial charge is 0.0458 e. The number of carboxylic acid groups (broad SMARTS) is 1. The summed E-state index contributed by atoms with van der Waals surface area (Å²) in [4.78, 5) is 14.1. The number of carboxylic acids is 1. The van der Waals surface area contributed by atoms with Crippen LogP contribution in [0.5, 0.6) is 0 Å². The third kappa shape index (κ3) is 2.04. The molecule has 3 heteroatoms. The Morgan fingerprint density at radius 1 is 1.73 bits per heavy atom. The van der Waals surface area contributed by atoms with Crippen molar-refractivity contribution in [3.63, 3.8) is 0 Å². The lowest BCUT2D eigenvalue weighted by Crippen LogP contribution is -2.24. The molecule has 3 nitrogen and oxygen atoms in total. The van der Waals surface area contributed by atoms with Gasteiger partial charge in [-0.1, -0.05) is 6.07 Å². The van der Waals surface area contributed by atoms with Gasteiger partial charge in [-0.2, -0.15) is 0 Å². The average Bonchev–Trinajstić information content (AvgIpc) is 1.93. The highest BCUT2D eigenvalue weighted by molar-refractivity contribution is 5.68. The van der Waals surface area contributed by atoms with Gasteiger partial charge in [0.1, 0.15) is 0 Å². The van der Waals surface area contributed by atoms with Gasteiger partial charge < -0.3 is 9.90 Å². The van der Waals surface area contributed by atoms with Crippen LogP contribution in [0.4, 0.5) is 0 Å². The Morgan fingerprint density at radius 2 is 2.45 bits per heavy atom. The largest absolute Gasteiger partial charge is 0.550 e. The molecule has 1 rings (SSSR count). The minimum atomic E-state index is -1.07. The van der Waals surface area contributed by atoms with E-state index in [4.69, 9.17) is 0 Å². The molecule has 1 heterocycles. The number of carbonyl (C=O) groups excluding carboxylic acids is 1. The molecule has 0 unspecified atom stereocenters. The monoisotopic (exact) mass is 150 g/mol. The lowest BCUT2D eigenvalue weighted by atomic mass is 10.1. The first-order chi connectivity index (χ1) is 5.20. The molecule has 0 atom stereocenters. The van der Waals surface area contributed by atoms with Crippen molar-refractivity contribution in [1.82, 2.24) is 4.98 Å². The van der Waals surface area contributed by atoms with Gasteiger partial charge in [0.25, 0.3) is 0 Å². The van der Waals surface area contributed by atoms with E-state index in [1.54, 1.807) is 25.3 Å². The van der Waals surface area contributed by atoms with Gasteiger partial charge in [-0.3, -0.25) is 4.98 Å². The molecular formula is C8H8NO2-. The van der Waals surface area contributed by atoms with Crippen LogP contribution in [0.3, 0.4) is 0 Å². The summed E-state index contributed by atoms with van der Waals surface area (Å²) in [6.45, 7) is 1.78. The van der Waals surface area contributed by atoms with Crippen LogP contribution in [0.15, 0.2) is 18.3 Å². The minimum Gasteiger partial charge on any atom is -0.550 e. The maximum absolute atomic E-state index is 10.2. The van der Waals surface area contributed by atoms with E-state index >= 15 is 0 Å². The van der Waals surface area contributed by atoms with E-state index in [-0.39, 0.29) is 6.42 Å². The van der Waals surface area contributed by atoms with E-state index in [1.807, 2.05) is 0 Å². The molecule has 0 spiro atoms. The third-order valence-corrected chi connectivity index (χ3v) is 1.45.